The highest BCUT2D eigenvalue weighted by molar-refractivity contribution is 5.97. The zero-order chi connectivity index (χ0) is 13.9. The van der Waals surface area contributed by atoms with Crippen molar-refractivity contribution < 1.29 is 14.7 Å². The van der Waals surface area contributed by atoms with E-state index >= 15 is 0 Å². The van der Waals surface area contributed by atoms with Crippen LogP contribution >= 0.6 is 0 Å². The Labute approximate surface area is 109 Å². The van der Waals surface area contributed by atoms with Gasteiger partial charge in [-0.15, -0.1) is 0 Å². The summed E-state index contributed by atoms with van der Waals surface area (Å²) in [5.74, 6) is 0.654. The number of rotatable bonds is 5. The maximum absolute atomic E-state index is 12.0. The van der Waals surface area contributed by atoms with Gasteiger partial charge in [-0.1, -0.05) is 13.8 Å². The van der Waals surface area contributed by atoms with E-state index in [0.29, 0.717) is 31.6 Å². The maximum atomic E-state index is 12.0. The van der Waals surface area contributed by atoms with Crippen LogP contribution in [0.15, 0.2) is 11.6 Å². The van der Waals surface area contributed by atoms with Crippen molar-refractivity contribution in [1.29, 1.82) is 0 Å². The second-order valence-corrected chi connectivity index (χ2v) is 5.97. The first kappa shape index (κ1) is 15.1. The van der Waals surface area contributed by atoms with Gasteiger partial charge in [-0.25, -0.2) is 0 Å². The summed E-state index contributed by atoms with van der Waals surface area (Å²) in [7, 11) is 0. The largest absolute Gasteiger partial charge is 0.386 e. The normalized spacial score (nSPS) is 26.1. The molecule has 2 atom stereocenters. The highest BCUT2D eigenvalue weighted by Crippen LogP contribution is 2.33. The molecule has 0 bridgehead atoms. The molecule has 3 nitrogen and oxygen atoms in total. The molecule has 1 unspecified atom stereocenters. The van der Waals surface area contributed by atoms with Crippen LogP contribution in [0.2, 0.25) is 0 Å². The van der Waals surface area contributed by atoms with Crippen molar-refractivity contribution in [2.45, 2.75) is 59.0 Å². The fraction of sp³-hybridized carbons (Fsp3) is 0.733. The Morgan fingerprint density at radius 3 is 2.61 bits per heavy atom. The smallest absolute Gasteiger partial charge is 0.159 e. The van der Waals surface area contributed by atoms with E-state index in [9.17, 15) is 14.7 Å². The van der Waals surface area contributed by atoms with Crippen LogP contribution in [0.25, 0.3) is 0 Å². The molecule has 0 spiro atoms. The molecule has 0 fully saturated rings. The molecular weight excluding hydrogens is 228 g/mol. The van der Waals surface area contributed by atoms with E-state index < -0.39 is 5.60 Å². The molecular formula is C15H24O3. The van der Waals surface area contributed by atoms with Crippen molar-refractivity contribution in [3.8, 4) is 0 Å². The highest BCUT2D eigenvalue weighted by atomic mass is 16.3. The third-order valence-electron chi connectivity index (χ3n) is 3.66. The number of carbonyl (C=O) groups excluding carboxylic acids is 2. The van der Waals surface area contributed by atoms with Crippen molar-refractivity contribution >= 4 is 11.6 Å². The number of Topliss-reactive ketones (excluding diaryl/α,β-unsaturated/α-hetero) is 2. The Kier molecular flexibility index (Phi) is 4.85. The standard InChI is InChI=1S/C15H24O3/c1-10(2)12(6-5-11(3)16)13-9-15(4,18)8-7-14(13)17/h9-10,12,18H,5-8H2,1-4H3/t12-,15?/m0/s1. The van der Waals surface area contributed by atoms with Gasteiger partial charge in [0.25, 0.3) is 0 Å². The molecule has 0 aromatic rings. The van der Waals surface area contributed by atoms with Gasteiger partial charge in [-0.2, -0.15) is 0 Å². The first-order valence-corrected chi connectivity index (χ1v) is 6.70. The molecule has 0 aromatic carbocycles. The van der Waals surface area contributed by atoms with Crippen molar-refractivity contribution in [2.24, 2.45) is 11.8 Å². The number of aliphatic hydroxyl groups is 1. The van der Waals surface area contributed by atoms with Crippen molar-refractivity contribution in [3.63, 3.8) is 0 Å². The fourth-order valence-corrected chi connectivity index (χ4v) is 2.52. The van der Waals surface area contributed by atoms with Gasteiger partial charge < -0.3 is 9.90 Å². The van der Waals surface area contributed by atoms with E-state index in [2.05, 4.69) is 13.8 Å². The minimum atomic E-state index is -0.882. The summed E-state index contributed by atoms with van der Waals surface area (Å²) in [6.45, 7) is 7.43. The lowest BCUT2D eigenvalue weighted by atomic mass is 9.75. The van der Waals surface area contributed by atoms with Crippen LogP contribution in [-0.2, 0) is 9.59 Å². The molecule has 1 N–H and O–H groups in total. The van der Waals surface area contributed by atoms with Gasteiger partial charge in [0, 0.05) is 12.8 Å². The predicted molar refractivity (Wildman–Crippen MR) is 71.2 cm³/mol. The van der Waals surface area contributed by atoms with Crippen LogP contribution in [0.4, 0.5) is 0 Å². The van der Waals surface area contributed by atoms with Crippen LogP contribution in [-0.4, -0.2) is 22.3 Å². The summed E-state index contributed by atoms with van der Waals surface area (Å²) < 4.78 is 0. The van der Waals surface area contributed by atoms with E-state index in [0.717, 1.165) is 5.57 Å². The summed E-state index contributed by atoms with van der Waals surface area (Å²) in [4.78, 5) is 23.1. The zero-order valence-electron chi connectivity index (χ0n) is 11.8. The number of carbonyl (C=O) groups is 2. The van der Waals surface area contributed by atoms with Gasteiger partial charge in [-0.3, -0.25) is 4.79 Å². The quantitative estimate of drug-likeness (QED) is 0.818. The molecule has 0 aliphatic heterocycles. The molecule has 3 heteroatoms. The monoisotopic (exact) mass is 252 g/mol. The molecule has 0 saturated heterocycles. The van der Waals surface area contributed by atoms with Gasteiger partial charge in [0.05, 0.1) is 5.60 Å². The van der Waals surface area contributed by atoms with Gasteiger partial charge in [0.1, 0.15) is 5.78 Å². The predicted octanol–water partition coefficient (Wildman–Crippen LogP) is 2.67. The lowest BCUT2D eigenvalue weighted by molar-refractivity contribution is -0.119. The summed E-state index contributed by atoms with van der Waals surface area (Å²) in [6, 6.07) is 0. The molecule has 0 aromatic heterocycles. The Balaban J connectivity index is 2.93. The molecule has 0 amide bonds. The van der Waals surface area contributed by atoms with Crippen molar-refractivity contribution in [2.75, 3.05) is 0 Å². The third kappa shape index (κ3) is 4.05. The van der Waals surface area contributed by atoms with Crippen molar-refractivity contribution in [1.82, 2.24) is 0 Å². The minimum Gasteiger partial charge on any atom is -0.386 e. The van der Waals surface area contributed by atoms with Gasteiger partial charge in [0.2, 0.25) is 0 Å². The van der Waals surface area contributed by atoms with E-state index in [1.807, 2.05) is 0 Å². The van der Waals surface area contributed by atoms with Gasteiger partial charge >= 0.3 is 0 Å². The summed E-state index contributed by atoms with van der Waals surface area (Å²) >= 11 is 0. The zero-order valence-corrected chi connectivity index (χ0v) is 11.8. The first-order chi connectivity index (χ1) is 8.23. The number of hydrogen-bond acceptors (Lipinski definition) is 3. The molecule has 102 valence electrons. The average Bonchev–Trinajstić information content (AvgIpc) is 2.22. The number of allylic oxidation sites excluding steroid dienone is 1. The highest BCUT2D eigenvalue weighted by Gasteiger charge is 2.32. The molecule has 1 rings (SSSR count). The van der Waals surface area contributed by atoms with E-state index in [4.69, 9.17) is 0 Å². The molecule has 0 heterocycles. The van der Waals surface area contributed by atoms with Crippen LogP contribution in [0.5, 0.6) is 0 Å². The van der Waals surface area contributed by atoms with Gasteiger partial charge in [0.15, 0.2) is 5.78 Å². The number of ketones is 2. The Morgan fingerprint density at radius 2 is 2.11 bits per heavy atom. The van der Waals surface area contributed by atoms with Crippen LogP contribution in [0.1, 0.15) is 53.4 Å². The second-order valence-electron chi connectivity index (χ2n) is 5.97. The molecule has 0 saturated carbocycles. The number of hydrogen-bond donors (Lipinski definition) is 1. The van der Waals surface area contributed by atoms with Gasteiger partial charge in [-0.05, 0) is 50.2 Å². The first-order valence-electron chi connectivity index (χ1n) is 6.70. The summed E-state index contributed by atoms with van der Waals surface area (Å²) in [5, 5.41) is 10.1. The maximum Gasteiger partial charge on any atom is 0.159 e. The topological polar surface area (TPSA) is 54.4 Å². The Hall–Kier alpha value is -0.960. The lowest BCUT2D eigenvalue weighted by Gasteiger charge is -2.31. The minimum absolute atomic E-state index is 0.0770. The Bertz CT molecular complexity index is 364. The molecule has 1 aliphatic carbocycles. The molecule has 18 heavy (non-hydrogen) atoms. The van der Waals surface area contributed by atoms with E-state index in [-0.39, 0.29) is 17.5 Å². The van der Waals surface area contributed by atoms with Crippen LogP contribution in [0.3, 0.4) is 0 Å². The Morgan fingerprint density at radius 1 is 1.50 bits per heavy atom. The summed E-state index contributed by atoms with van der Waals surface area (Å²) in [5.41, 5.74) is -0.158. The summed E-state index contributed by atoms with van der Waals surface area (Å²) in [6.07, 6.45) is 3.80. The lowest BCUT2D eigenvalue weighted by Crippen LogP contribution is -2.32. The van der Waals surface area contributed by atoms with Crippen LogP contribution < -0.4 is 0 Å². The van der Waals surface area contributed by atoms with Crippen molar-refractivity contribution in [3.05, 3.63) is 11.6 Å². The second kappa shape index (κ2) is 5.79. The third-order valence-corrected chi connectivity index (χ3v) is 3.66. The van der Waals surface area contributed by atoms with E-state index in [1.54, 1.807) is 19.9 Å². The molecule has 0 radical (unpaired) electrons. The average molecular weight is 252 g/mol. The van der Waals surface area contributed by atoms with E-state index in [1.165, 1.54) is 0 Å². The SMILES string of the molecule is CC(=O)CC[C@H](C1=CC(C)(O)CCC1=O)C(C)C. The molecule has 1 aliphatic rings. The fourth-order valence-electron chi connectivity index (χ4n) is 2.52. The van der Waals surface area contributed by atoms with Crippen LogP contribution in [0, 0.1) is 11.8 Å².